The third-order valence-corrected chi connectivity index (χ3v) is 2.92. The van der Waals surface area contributed by atoms with Crippen molar-refractivity contribution in [1.29, 1.82) is 0 Å². The fraction of sp³-hybridized carbons (Fsp3) is 0.100. The Morgan fingerprint density at radius 2 is 2.08 bits per heavy atom. The lowest BCUT2D eigenvalue weighted by atomic mass is 10.2. The van der Waals surface area contributed by atoms with Gasteiger partial charge in [-0.2, -0.15) is 0 Å². The summed E-state index contributed by atoms with van der Waals surface area (Å²) in [6, 6.07) is 10.1. The van der Waals surface area contributed by atoms with E-state index in [-0.39, 0.29) is 0 Å². The van der Waals surface area contributed by atoms with Gasteiger partial charge in [0, 0.05) is 16.5 Å². The van der Waals surface area contributed by atoms with E-state index in [1.807, 2.05) is 30.5 Å². The van der Waals surface area contributed by atoms with Gasteiger partial charge in [0.1, 0.15) is 0 Å². The number of aromatic nitrogens is 1. The van der Waals surface area contributed by atoms with Gasteiger partial charge >= 0.3 is 0 Å². The van der Waals surface area contributed by atoms with Gasteiger partial charge in [-0.1, -0.05) is 18.2 Å². The molecule has 1 nitrogen and oxygen atoms in total. The highest BCUT2D eigenvalue weighted by Crippen LogP contribution is 2.26. The molecule has 66 valence electrons. The van der Waals surface area contributed by atoms with Crippen LogP contribution in [-0.2, 0) is 0 Å². The number of para-hydroxylation sites is 1. The predicted octanol–water partition coefficient (Wildman–Crippen LogP) is 3.52. The molecule has 0 aliphatic heterocycles. The first-order valence-electron chi connectivity index (χ1n) is 3.94. The van der Waals surface area contributed by atoms with Gasteiger partial charge in [-0.05, 0) is 12.1 Å². The van der Waals surface area contributed by atoms with Crippen LogP contribution in [0.5, 0.6) is 0 Å². The Hall–Kier alpha value is -0.730. The smallest absolute Gasteiger partial charge is 0.0727 e. The molecule has 0 saturated carbocycles. The molecule has 0 N–H and O–H groups in total. The average molecular weight is 210 g/mol. The Morgan fingerprint density at radius 3 is 2.92 bits per heavy atom. The molecule has 0 radical (unpaired) electrons. The lowest BCUT2D eigenvalue weighted by Gasteiger charge is -2.02. The SMILES string of the molecule is ClCSc1ccnc2ccccc12. The summed E-state index contributed by atoms with van der Waals surface area (Å²) in [4.78, 5) is 5.46. The minimum atomic E-state index is 0.577. The maximum absolute atomic E-state index is 5.68. The molecular weight excluding hydrogens is 202 g/mol. The Balaban J connectivity index is 2.61. The molecule has 13 heavy (non-hydrogen) atoms. The first-order chi connectivity index (χ1) is 6.42. The van der Waals surface area contributed by atoms with Gasteiger partial charge in [0.25, 0.3) is 0 Å². The molecule has 0 bridgehead atoms. The lowest BCUT2D eigenvalue weighted by Crippen LogP contribution is -1.80. The van der Waals surface area contributed by atoms with Crippen molar-refractivity contribution in [3.05, 3.63) is 36.5 Å². The zero-order chi connectivity index (χ0) is 9.10. The monoisotopic (exact) mass is 209 g/mol. The summed E-state index contributed by atoms with van der Waals surface area (Å²) >= 11 is 7.31. The molecule has 0 fully saturated rings. The number of rotatable bonds is 2. The lowest BCUT2D eigenvalue weighted by molar-refractivity contribution is 1.35. The second kappa shape index (κ2) is 3.99. The minimum Gasteiger partial charge on any atom is -0.256 e. The summed E-state index contributed by atoms with van der Waals surface area (Å²) in [5, 5.41) is 1.75. The van der Waals surface area contributed by atoms with Crippen molar-refractivity contribution in [1.82, 2.24) is 4.98 Å². The van der Waals surface area contributed by atoms with Crippen LogP contribution in [0.15, 0.2) is 41.4 Å². The van der Waals surface area contributed by atoms with Crippen molar-refractivity contribution < 1.29 is 0 Å². The number of benzene rings is 1. The van der Waals surface area contributed by atoms with E-state index in [0.29, 0.717) is 5.21 Å². The van der Waals surface area contributed by atoms with E-state index in [2.05, 4.69) is 11.1 Å². The van der Waals surface area contributed by atoms with Gasteiger partial charge in [-0.15, -0.1) is 23.4 Å². The molecule has 0 amide bonds. The summed E-state index contributed by atoms with van der Waals surface area (Å²) in [5.41, 5.74) is 1.03. The largest absolute Gasteiger partial charge is 0.256 e. The number of thioether (sulfide) groups is 1. The zero-order valence-corrected chi connectivity index (χ0v) is 8.48. The van der Waals surface area contributed by atoms with Gasteiger partial charge < -0.3 is 0 Å². The van der Waals surface area contributed by atoms with Crippen molar-refractivity contribution in [2.24, 2.45) is 0 Å². The zero-order valence-electron chi connectivity index (χ0n) is 6.90. The molecule has 0 spiro atoms. The van der Waals surface area contributed by atoms with Crippen molar-refractivity contribution in [2.75, 3.05) is 5.21 Å². The molecule has 1 aromatic carbocycles. The normalized spacial score (nSPS) is 10.5. The average Bonchev–Trinajstić information content (AvgIpc) is 2.19. The van der Waals surface area contributed by atoms with Gasteiger partial charge in [0.05, 0.1) is 10.7 Å². The standard InChI is InChI=1S/C10H8ClNS/c11-7-13-10-5-6-12-9-4-2-1-3-8(9)10/h1-6H,7H2. The fourth-order valence-corrected chi connectivity index (χ4v) is 2.21. The van der Waals surface area contributed by atoms with Gasteiger partial charge in [0.15, 0.2) is 0 Å². The Bertz CT molecular complexity index is 411. The van der Waals surface area contributed by atoms with Crippen LogP contribution in [0.1, 0.15) is 0 Å². The van der Waals surface area contributed by atoms with Crippen molar-refractivity contribution in [3.8, 4) is 0 Å². The molecule has 1 aromatic heterocycles. The minimum absolute atomic E-state index is 0.577. The third-order valence-electron chi connectivity index (χ3n) is 1.82. The van der Waals surface area contributed by atoms with E-state index < -0.39 is 0 Å². The second-order valence-corrected chi connectivity index (χ2v) is 4.18. The molecule has 1 heterocycles. The topological polar surface area (TPSA) is 12.9 Å². The molecule has 0 aliphatic rings. The Morgan fingerprint density at radius 1 is 1.23 bits per heavy atom. The van der Waals surface area contributed by atoms with Gasteiger partial charge in [-0.3, -0.25) is 4.98 Å². The maximum atomic E-state index is 5.68. The van der Waals surface area contributed by atoms with Crippen LogP contribution in [0.25, 0.3) is 10.9 Å². The van der Waals surface area contributed by atoms with E-state index in [1.54, 1.807) is 11.8 Å². The summed E-state index contributed by atoms with van der Waals surface area (Å²) in [5.74, 6) is 0. The molecular formula is C10H8ClNS. The van der Waals surface area contributed by atoms with E-state index in [9.17, 15) is 0 Å². The highest BCUT2D eigenvalue weighted by molar-refractivity contribution is 8.00. The van der Waals surface area contributed by atoms with Crippen molar-refractivity contribution in [2.45, 2.75) is 4.90 Å². The first kappa shape index (κ1) is 8.85. The predicted molar refractivity (Wildman–Crippen MR) is 58.3 cm³/mol. The fourth-order valence-electron chi connectivity index (χ4n) is 1.25. The van der Waals surface area contributed by atoms with Crippen LogP contribution in [0.2, 0.25) is 0 Å². The maximum Gasteiger partial charge on any atom is 0.0727 e. The van der Waals surface area contributed by atoms with Gasteiger partial charge in [-0.25, -0.2) is 0 Å². The quantitative estimate of drug-likeness (QED) is 0.555. The van der Waals surface area contributed by atoms with E-state index in [4.69, 9.17) is 11.6 Å². The van der Waals surface area contributed by atoms with E-state index in [0.717, 1.165) is 5.52 Å². The number of pyridine rings is 1. The molecule has 0 atom stereocenters. The van der Waals surface area contributed by atoms with Crippen LogP contribution in [-0.4, -0.2) is 10.2 Å². The van der Waals surface area contributed by atoms with Crippen molar-refractivity contribution in [3.63, 3.8) is 0 Å². The number of fused-ring (bicyclic) bond motifs is 1. The number of halogens is 1. The van der Waals surface area contributed by atoms with Crippen molar-refractivity contribution >= 4 is 34.3 Å². The number of alkyl halides is 1. The van der Waals surface area contributed by atoms with E-state index >= 15 is 0 Å². The van der Waals surface area contributed by atoms with Crippen LogP contribution >= 0.6 is 23.4 Å². The molecule has 0 unspecified atom stereocenters. The third kappa shape index (κ3) is 1.79. The molecule has 0 saturated heterocycles. The summed E-state index contributed by atoms with van der Waals surface area (Å²) in [7, 11) is 0. The highest BCUT2D eigenvalue weighted by Gasteiger charge is 1.99. The number of hydrogen-bond donors (Lipinski definition) is 0. The highest BCUT2D eigenvalue weighted by atomic mass is 35.5. The second-order valence-electron chi connectivity index (χ2n) is 2.58. The molecule has 0 aliphatic carbocycles. The Kier molecular flexibility index (Phi) is 2.71. The van der Waals surface area contributed by atoms with Crippen LogP contribution in [0, 0.1) is 0 Å². The molecule has 3 heteroatoms. The molecule has 2 rings (SSSR count). The first-order valence-corrected chi connectivity index (χ1v) is 5.46. The Labute approximate surface area is 86.1 Å². The summed E-state index contributed by atoms with van der Waals surface area (Å²) in [6.07, 6.45) is 1.82. The van der Waals surface area contributed by atoms with Crippen LogP contribution < -0.4 is 0 Å². The van der Waals surface area contributed by atoms with Crippen LogP contribution in [0.3, 0.4) is 0 Å². The molecule has 2 aromatic rings. The number of nitrogens with zero attached hydrogens (tertiary/aromatic N) is 1. The van der Waals surface area contributed by atoms with Gasteiger partial charge in [0.2, 0.25) is 0 Å². The van der Waals surface area contributed by atoms with E-state index in [1.165, 1.54) is 10.3 Å². The number of hydrogen-bond acceptors (Lipinski definition) is 2. The summed E-state index contributed by atoms with van der Waals surface area (Å²) < 4.78 is 0. The van der Waals surface area contributed by atoms with Crippen LogP contribution in [0.4, 0.5) is 0 Å². The summed E-state index contributed by atoms with van der Waals surface area (Å²) in [6.45, 7) is 0.